The topological polar surface area (TPSA) is 98.9 Å². The summed E-state index contributed by atoms with van der Waals surface area (Å²) in [6, 6.07) is 1.48. The number of aliphatic carboxylic acids is 1. The third-order valence-electron chi connectivity index (χ3n) is 2.67. The molecule has 19 heavy (non-hydrogen) atoms. The van der Waals surface area contributed by atoms with E-state index >= 15 is 0 Å². The van der Waals surface area contributed by atoms with Gasteiger partial charge in [-0.2, -0.15) is 0 Å². The second-order valence-electron chi connectivity index (χ2n) is 3.67. The van der Waals surface area contributed by atoms with Crippen LogP contribution in [0.15, 0.2) is 10.5 Å². The van der Waals surface area contributed by atoms with E-state index in [0.717, 1.165) is 0 Å². The molecule has 0 saturated heterocycles. The van der Waals surface area contributed by atoms with Crippen molar-refractivity contribution < 1.29 is 24.2 Å². The van der Waals surface area contributed by atoms with E-state index in [2.05, 4.69) is 15.9 Å². The van der Waals surface area contributed by atoms with Crippen LogP contribution in [-0.4, -0.2) is 38.1 Å². The van der Waals surface area contributed by atoms with Crippen LogP contribution in [0.4, 0.5) is 0 Å². The Hall–Kier alpha value is -1.60. The first-order valence-electron chi connectivity index (χ1n) is 5.34. The molecule has 7 heteroatoms. The van der Waals surface area contributed by atoms with E-state index in [9.17, 15) is 14.7 Å². The van der Waals surface area contributed by atoms with Crippen LogP contribution in [0.25, 0.3) is 0 Å². The monoisotopic (exact) mass is 331 g/mol. The number of halogens is 1. The van der Waals surface area contributed by atoms with Gasteiger partial charge in [-0.15, -0.1) is 0 Å². The highest BCUT2D eigenvalue weighted by Gasteiger charge is 2.28. The molecule has 6 nitrogen and oxygen atoms in total. The number of aldehydes is 1. The van der Waals surface area contributed by atoms with Gasteiger partial charge < -0.3 is 20.3 Å². The van der Waals surface area contributed by atoms with Gasteiger partial charge in [0.15, 0.2) is 17.8 Å². The number of carbonyl (C=O) groups is 2. The molecule has 0 bridgehead atoms. The Kier molecular flexibility index (Phi) is 5.31. The van der Waals surface area contributed by atoms with Crippen molar-refractivity contribution in [3.05, 3.63) is 21.7 Å². The lowest BCUT2D eigenvalue weighted by Crippen LogP contribution is -2.22. The zero-order valence-electron chi connectivity index (χ0n) is 10.5. The van der Waals surface area contributed by atoms with Gasteiger partial charge in [0.25, 0.3) is 0 Å². The summed E-state index contributed by atoms with van der Waals surface area (Å²) < 4.78 is 10.7. The Morgan fingerprint density at radius 2 is 2.05 bits per heavy atom. The van der Waals surface area contributed by atoms with Gasteiger partial charge in [-0.25, -0.2) is 0 Å². The van der Waals surface area contributed by atoms with Crippen LogP contribution in [0, 0.1) is 0 Å². The number of nitrogens with two attached hydrogens (primary N) is 1. The van der Waals surface area contributed by atoms with E-state index in [-0.39, 0.29) is 23.6 Å². The van der Waals surface area contributed by atoms with E-state index in [0.29, 0.717) is 16.3 Å². The van der Waals surface area contributed by atoms with E-state index in [1.807, 2.05) is 0 Å². The molecule has 1 unspecified atom stereocenters. The van der Waals surface area contributed by atoms with Crippen LogP contribution in [0.2, 0.25) is 0 Å². The molecule has 1 rings (SSSR count). The summed E-state index contributed by atoms with van der Waals surface area (Å²) in [5.41, 5.74) is 6.10. The fraction of sp³-hybridized carbons (Fsp3) is 0.333. The van der Waals surface area contributed by atoms with E-state index < -0.39 is 11.9 Å². The van der Waals surface area contributed by atoms with Crippen LogP contribution >= 0.6 is 15.9 Å². The van der Waals surface area contributed by atoms with Crippen molar-refractivity contribution in [2.75, 3.05) is 20.8 Å². The summed E-state index contributed by atoms with van der Waals surface area (Å²) in [6.07, 6.45) is 0.605. The van der Waals surface area contributed by atoms with Gasteiger partial charge in [0.1, 0.15) is 0 Å². The molecule has 104 valence electrons. The van der Waals surface area contributed by atoms with Crippen LogP contribution in [0.3, 0.4) is 0 Å². The molecule has 0 spiro atoms. The zero-order valence-corrected chi connectivity index (χ0v) is 12.1. The zero-order chi connectivity index (χ0) is 14.6. The van der Waals surface area contributed by atoms with Crippen LogP contribution < -0.4 is 15.2 Å². The summed E-state index contributed by atoms with van der Waals surface area (Å²) in [4.78, 5) is 22.2. The first kappa shape index (κ1) is 15.5. The minimum absolute atomic E-state index is 0.103. The largest absolute Gasteiger partial charge is 0.492 e. The number of carbonyl (C=O) groups excluding carboxylic acids is 1. The molecular formula is C12H14BrNO5. The SMILES string of the molecule is COc1c(C=O)cc(Br)c(C(CN)C(=O)O)c1OC. The standard InChI is InChI=1S/C12H14BrNO5/c1-18-10-6(5-15)3-8(13)9(11(10)19-2)7(4-14)12(16)17/h3,5,7H,4,14H2,1-2H3,(H,16,17). The van der Waals surface area contributed by atoms with Gasteiger partial charge >= 0.3 is 5.97 Å². The molecule has 0 saturated carbocycles. The minimum atomic E-state index is -1.08. The van der Waals surface area contributed by atoms with Crippen molar-refractivity contribution in [3.63, 3.8) is 0 Å². The Morgan fingerprint density at radius 1 is 1.47 bits per heavy atom. The first-order valence-corrected chi connectivity index (χ1v) is 6.13. The van der Waals surface area contributed by atoms with Gasteiger partial charge in [-0.05, 0) is 6.07 Å². The number of methoxy groups -OCH3 is 2. The van der Waals surface area contributed by atoms with Crippen molar-refractivity contribution in [1.29, 1.82) is 0 Å². The quantitative estimate of drug-likeness (QED) is 0.764. The molecule has 0 radical (unpaired) electrons. The lowest BCUT2D eigenvalue weighted by Gasteiger charge is -2.20. The molecule has 0 aliphatic heterocycles. The predicted octanol–water partition coefficient (Wildman–Crippen LogP) is 1.41. The lowest BCUT2D eigenvalue weighted by molar-refractivity contribution is -0.138. The molecule has 0 heterocycles. The molecule has 0 aliphatic rings. The van der Waals surface area contributed by atoms with E-state index in [4.69, 9.17) is 15.2 Å². The second kappa shape index (κ2) is 6.53. The number of carboxylic acid groups (broad SMARTS) is 1. The number of benzene rings is 1. The fourth-order valence-electron chi connectivity index (χ4n) is 1.81. The molecule has 1 aromatic rings. The maximum Gasteiger partial charge on any atom is 0.312 e. The Bertz CT molecular complexity index is 503. The number of carboxylic acids is 1. The Labute approximate surface area is 118 Å². The van der Waals surface area contributed by atoms with Crippen molar-refractivity contribution in [2.45, 2.75) is 5.92 Å². The second-order valence-corrected chi connectivity index (χ2v) is 4.53. The number of ether oxygens (including phenoxy) is 2. The summed E-state index contributed by atoms with van der Waals surface area (Å²) in [5.74, 6) is -1.66. The summed E-state index contributed by atoms with van der Waals surface area (Å²) in [6.45, 7) is -0.103. The highest BCUT2D eigenvalue weighted by atomic mass is 79.9. The first-order chi connectivity index (χ1) is 9.01. The van der Waals surface area contributed by atoms with Crippen molar-refractivity contribution in [3.8, 4) is 11.5 Å². The molecule has 1 atom stereocenters. The average molecular weight is 332 g/mol. The molecular weight excluding hydrogens is 318 g/mol. The van der Waals surface area contributed by atoms with Gasteiger partial charge in [-0.3, -0.25) is 9.59 Å². The molecule has 0 aromatic heterocycles. The number of hydrogen-bond acceptors (Lipinski definition) is 5. The maximum atomic E-state index is 11.2. The fourth-order valence-corrected chi connectivity index (χ4v) is 2.51. The van der Waals surface area contributed by atoms with Crippen molar-refractivity contribution in [1.82, 2.24) is 0 Å². The van der Waals surface area contributed by atoms with E-state index in [1.54, 1.807) is 0 Å². The third-order valence-corrected chi connectivity index (χ3v) is 3.33. The maximum absolute atomic E-state index is 11.2. The summed E-state index contributed by atoms with van der Waals surface area (Å²) in [7, 11) is 2.75. The molecule has 1 aromatic carbocycles. The molecule has 0 aliphatic carbocycles. The Morgan fingerprint density at radius 3 is 2.42 bits per heavy atom. The smallest absolute Gasteiger partial charge is 0.312 e. The normalized spacial score (nSPS) is 11.8. The highest BCUT2D eigenvalue weighted by Crippen LogP contribution is 2.42. The van der Waals surface area contributed by atoms with Gasteiger partial charge in [0.05, 0.1) is 25.7 Å². The third kappa shape index (κ3) is 2.87. The minimum Gasteiger partial charge on any atom is -0.492 e. The summed E-state index contributed by atoms with van der Waals surface area (Å²) in [5, 5.41) is 9.19. The van der Waals surface area contributed by atoms with Gasteiger partial charge in [0.2, 0.25) is 0 Å². The number of rotatable bonds is 6. The van der Waals surface area contributed by atoms with Crippen LogP contribution in [0.5, 0.6) is 11.5 Å². The van der Waals surface area contributed by atoms with Crippen molar-refractivity contribution >= 4 is 28.2 Å². The summed E-state index contributed by atoms with van der Waals surface area (Å²) >= 11 is 3.24. The lowest BCUT2D eigenvalue weighted by atomic mass is 9.96. The van der Waals surface area contributed by atoms with Gasteiger partial charge in [-0.1, -0.05) is 15.9 Å². The van der Waals surface area contributed by atoms with Gasteiger partial charge in [0, 0.05) is 16.6 Å². The molecule has 3 N–H and O–H groups in total. The average Bonchev–Trinajstić information content (AvgIpc) is 2.39. The number of hydrogen-bond donors (Lipinski definition) is 2. The highest BCUT2D eigenvalue weighted by molar-refractivity contribution is 9.10. The van der Waals surface area contributed by atoms with Crippen molar-refractivity contribution in [2.24, 2.45) is 5.73 Å². The predicted molar refractivity (Wildman–Crippen MR) is 72.1 cm³/mol. The van der Waals surface area contributed by atoms with Crippen LogP contribution in [0.1, 0.15) is 21.8 Å². The molecule has 0 amide bonds. The van der Waals surface area contributed by atoms with Crippen LogP contribution in [-0.2, 0) is 4.79 Å². The van der Waals surface area contributed by atoms with E-state index in [1.165, 1.54) is 20.3 Å². The molecule has 0 fully saturated rings. The Balaban J connectivity index is 3.63.